The van der Waals surface area contributed by atoms with Crippen LogP contribution in [0.15, 0.2) is 30.3 Å². The summed E-state index contributed by atoms with van der Waals surface area (Å²) in [5.74, 6) is 0.762. The number of nitrogens with one attached hydrogen (secondary N) is 2. The van der Waals surface area contributed by atoms with Crippen molar-refractivity contribution >= 4 is 12.0 Å². The Hall–Kier alpha value is -1.81. The summed E-state index contributed by atoms with van der Waals surface area (Å²) in [6, 6.07) is 8.00. The topological polar surface area (TPSA) is 42.8 Å². The summed E-state index contributed by atoms with van der Waals surface area (Å²) >= 11 is 0. The van der Waals surface area contributed by atoms with Crippen LogP contribution in [0.2, 0.25) is 0 Å². The molecule has 0 spiro atoms. The van der Waals surface area contributed by atoms with E-state index in [1.54, 1.807) is 18.1 Å². The minimum Gasteiger partial charge on any atom is -0.496 e. The van der Waals surface area contributed by atoms with Gasteiger partial charge in [0.05, 0.1) is 26.7 Å². The van der Waals surface area contributed by atoms with E-state index in [4.69, 9.17) is 4.74 Å². The van der Waals surface area contributed by atoms with Crippen molar-refractivity contribution in [3.8, 4) is 5.75 Å². The average Bonchev–Trinajstić information content (AvgIpc) is 2.55. The Bertz CT molecular complexity index is 506. The number of hydrogen-bond donors (Lipinski definition) is 2. The van der Waals surface area contributed by atoms with Crippen LogP contribution in [-0.2, 0) is 4.79 Å². The van der Waals surface area contributed by atoms with Gasteiger partial charge in [-0.05, 0) is 18.6 Å². The summed E-state index contributed by atoms with van der Waals surface area (Å²) in [5, 5.41) is 3.11. The van der Waals surface area contributed by atoms with Crippen molar-refractivity contribution in [2.45, 2.75) is 32.2 Å². The first-order chi connectivity index (χ1) is 10.7. The SMILES string of the molecule is CCC[NH+]1CCC(NC(=O)/C=C/c2ccccc2OC)CC1. The lowest BCUT2D eigenvalue weighted by Gasteiger charge is -2.29. The molecule has 0 aromatic heterocycles. The van der Waals surface area contributed by atoms with Crippen LogP contribution in [-0.4, -0.2) is 38.7 Å². The van der Waals surface area contributed by atoms with E-state index in [0.717, 1.165) is 37.2 Å². The molecule has 120 valence electrons. The summed E-state index contributed by atoms with van der Waals surface area (Å²) in [6.45, 7) is 5.79. The minimum atomic E-state index is -0.0187. The first kappa shape index (κ1) is 16.6. The fourth-order valence-electron chi connectivity index (χ4n) is 2.99. The molecule has 1 saturated heterocycles. The van der Waals surface area contributed by atoms with Crippen LogP contribution < -0.4 is 15.0 Å². The monoisotopic (exact) mass is 303 g/mol. The molecule has 22 heavy (non-hydrogen) atoms. The smallest absolute Gasteiger partial charge is 0.244 e. The molecule has 1 aliphatic rings. The van der Waals surface area contributed by atoms with Crippen molar-refractivity contribution in [3.63, 3.8) is 0 Å². The van der Waals surface area contributed by atoms with Crippen LogP contribution in [0.5, 0.6) is 5.75 Å². The number of methoxy groups -OCH3 is 1. The third kappa shape index (κ3) is 4.88. The molecule has 0 bridgehead atoms. The lowest BCUT2D eigenvalue weighted by molar-refractivity contribution is -0.905. The number of benzene rings is 1. The molecule has 0 unspecified atom stereocenters. The Kier molecular flexibility index (Phi) is 6.46. The van der Waals surface area contributed by atoms with Crippen LogP contribution in [0.4, 0.5) is 0 Å². The summed E-state index contributed by atoms with van der Waals surface area (Å²) in [5.41, 5.74) is 0.919. The number of ether oxygens (including phenoxy) is 1. The van der Waals surface area contributed by atoms with Crippen LogP contribution >= 0.6 is 0 Å². The molecule has 2 rings (SSSR count). The summed E-state index contributed by atoms with van der Waals surface area (Å²) in [7, 11) is 1.64. The van der Waals surface area contributed by atoms with Gasteiger partial charge in [0, 0.05) is 30.5 Å². The summed E-state index contributed by atoms with van der Waals surface area (Å²) in [4.78, 5) is 13.7. The molecule has 4 heteroatoms. The number of rotatable bonds is 6. The van der Waals surface area contributed by atoms with E-state index in [-0.39, 0.29) is 5.91 Å². The molecule has 1 aliphatic heterocycles. The molecule has 0 radical (unpaired) electrons. The molecule has 0 saturated carbocycles. The normalized spacial score (nSPS) is 21.7. The number of quaternary nitrogens is 1. The zero-order valence-electron chi connectivity index (χ0n) is 13.6. The number of piperidine rings is 1. The van der Waals surface area contributed by atoms with Gasteiger partial charge in [0.2, 0.25) is 5.91 Å². The van der Waals surface area contributed by atoms with Gasteiger partial charge in [-0.3, -0.25) is 4.79 Å². The fourth-order valence-corrected chi connectivity index (χ4v) is 2.99. The lowest BCUT2D eigenvalue weighted by Crippen LogP contribution is -3.13. The molecular formula is C18H27N2O2+. The number of amides is 1. The molecule has 1 amide bonds. The molecule has 4 nitrogen and oxygen atoms in total. The van der Waals surface area contributed by atoms with Crippen molar-refractivity contribution < 1.29 is 14.4 Å². The Morgan fingerprint density at radius 2 is 2.09 bits per heavy atom. The minimum absolute atomic E-state index is 0.0187. The molecule has 1 heterocycles. The van der Waals surface area contributed by atoms with Gasteiger partial charge in [0.1, 0.15) is 5.75 Å². The number of para-hydroxylation sites is 1. The van der Waals surface area contributed by atoms with Gasteiger partial charge in [-0.25, -0.2) is 0 Å². The highest BCUT2D eigenvalue weighted by Crippen LogP contribution is 2.18. The molecule has 1 aromatic carbocycles. The second kappa shape index (κ2) is 8.59. The van der Waals surface area contributed by atoms with Crippen molar-refractivity contribution in [2.24, 2.45) is 0 Å². The number of carbonyl (C=O) groups excluding carboxylic acids is 1. The Morgan fingerprint density at radius 3 is 2.77 bits per heavy atom. The molecule has 0 aliphatic carbocycles. The lowest BCUT2D eigenvalue weighted by atomic mass is 10.0. The van der Waals surface area contributed by atoms with E-state index >= 15 is 0 Å². The van der Waals surface area contributed by atoms with Crippen molar-refractivity contribution in [3.05, 3.63) is 35.9 Å². The standard InChI is InChI=1S/C18H26N2O2/c1-3-12-20-13-10-16(11-14-20)19-18(21)9-8-15-6-4-5-7-17(15)22-2/h4-9,16H,3,10-14H2,1-2H3,(H,19,21)/p+1/b9-8+. The van der Waals surface area contributed by atoms with E-state index < -0.39 is 0 Å². The summed E-state index contributed by atoms with van der Waals surface area (Å²) < 4.78 is 5.28. The van der Waals surface area contributed by atoms with Crippen molar-refractivity contribution in [1.82, 2.24) is 5.32 Å². The third-order valence-corrected chi connectivity index (χ3v) is 4.20. The highest BCUT2D eigenvalue weighted by molar-refractivity contribution is 5.92. The molecular weight excluding hydrogens is 276 g/mol. The largest absolute Gasteiger partial charge is 0.496 e. The van der Waals surface area contributed by atoms with Crippen LogP contribution in [0.25, 0.3) is 6.08 Å². The first-order valence-corrected chi connectivity index (χ1v) is 8.18. The van der Waals surface area contributed by atoms with Gasteiger partial charge in [0.15, 0.2) is 0 Å². The highest BCUT2D eigenvalue weighted by Gasteiger charge is 2.21. The van der Waals surface area contributed by atoms with Crippen LogP contribution in [0.3, 0.4) is 0 Å². The predicted octanol–water partition coefficient (Wildman–Crippen LogP) is 1.28. The van der Waals surface area contributed by atoms with E-state index in [1.165, 1.54) is 13.0 Å². The van der Waals surface area contributed by atoms with Gasteiger partial charge in [-0.2, -0.15) is 0 Å². The maximum atomic E-state index is 12.0. The molecule has 0 atom stereocenters. The number of likely N-dealkylation sites (tertiary alicyclic amines) is 1. The zero-order chi connectivity index (χ0) is 15.8. The van der Waals surface area contributed by atoms with E-state index in [9.17, 15) is 4.79 Å². The zero-order valence-corrected chi connectivity index (χ0v) is 13.6. The third-order valence-electron chi connectivity index (χ3n) is 4.20. The number of carbonyl (C=O) groups is 1. The second-order valence-electron chi connectivity index (χ2n) is 5.86. The van der Waals surface area contributed by atoms with E-state index in [1.807, 2.05) is 30.3 Å². The Balaban J connectivity index is 1.82. The molecule has 2 N–H and O–H groups in total. The molecule has 1 fully saturated rings. The van der Waals surface area contributed by atoms with Gasteiger partial charge in [0.25, 0.3) is 0 Å². The maximum absolute atomic E-state index is 12.0. The quantitative estimate of drug-likeness (QED) is 0.778. The van der Waals surface area contributed by atoms with Gasteiger partial charge in [-0.15, -0.1) is 0 Å². The van der Waals surface area contributed by atoms with Crippen LogP contribution in [0.1, 0.15) is 31.7 Å². The second-order valence-corrected chi connectivity index (χ2v) is 5.86. The Morgan fingerprint density at radius 1 is 1.36 bits per heavy atom. The van der Waals surface area contributed by atoms with Gasteiger partial charge in [-0.1, -0.05) is 25.1 Å². The maximum Gasteiger partial charge on any atom is 0.244 e. The fraction of sp³-hybridized carbons (Fsp3) is 0.500. The van der Waals surface area contributed by atoms with Crippen molar-refractivity contribution in [1.29, 1.82) is 0 Å². The van der Waals surface area contributed by atoms with Crippen molar-refractivity contribution in [2.75, 3.05) is 26.7 Å². The number of hydrogen-bond acceptors (Lipinski definition) is 2. The van der Waals surface area contributed by atoms with Gasteiger partial charge >= 0.3 is 0 Å². The first-order valence-electron chi connectivity index (χ1n) is 8.18. The molecule has 1 aromatic rings. The van der Waals surface area contributed by atoms with E-state index in [0.29, 0.717) is 6.04 Å². The van der Waals surface area contributed by atoms with Gasteiger partial charge < -0.3 is 15.0 Å². The van der Waals surface area contributed by atoms with Crippen LogP contribution in [0, 0.1) is 0 Å². The predicted molar refractivity (Wildman–Crippen MR) is 89.0 cm³/mol. The van der Waals surface area contributed by atoms with E-state index in [2.05, 4.69) is 12.2 Å². The summed E-state index contributed by atoms with van der Waals surface area (Å²) in [6.07, 6.45) is 6.79. The highest BCUT2D eigenvalue weighted by atomic mass is 16.5. The Labute approximate surface area is 133 Å². The average molecular weight is 303 g/mol.